The summed E-state index contributed by atoms with van der Waals surface area (Å²) in [6.45, 7) is 11.5. The molecular formula is C35H38N6O. The molecule has 0 bridgehead atoms. The van der Waals surface area contributed by atoms with Crippen LogP contribution in [-0.2, 0) is 6.54 Å². The van der Waals surface area contributed by atoms with Gasteiger partial charge in [-0.3, -0.25) is 4.79 Å². The van der Waals surface area contributed by atoms with Crippen molar-refractivity contribution in [2.75, 3.05) is 31.2 Å². The summed E-state index contributed by atoms with van der Waals surface area (Å²) < 4.78 is 1.99. The molecule has 0 saturated heterocycles. The van der Waals surface area contributed by atoms with E-state index in [1.807, 2.05) is 68.1 Å². The van der Waals surface area contributed by atoms with Crippen LogP contribution in [0.4, 0.5) is 11.6 Å². The lowest BCUT2D eigenvalue weighted by molar-refractivity contribution is 0.0779. The van der Waals surface area contributed by atoms with Crippen LogP contribution in [0.2, 0.25) is 0 Å². The average molecular weight is 559 g/mol. The van der Waals surface area contributed by atoms with E-state index in [4.69, 9.17) is 5.73 Å². The largest absolute Gasteiger partial charge is 0.384 e. The van der Waals surface area contributed by atoms with E-state index in [2.05, 4.69) is 69.9 Å². The second kappa shape index (κ2) is 11.6. The molecule has 0 saturated carbocycles. The summed E-state index contributed by atoms with van der Waals surface area (Å²) in [6.07, 6.45) is 8.58. The lowest BCUT2D eigenvalue weighted by Crippen LogP contribution is -2.32. The summed E-state index contributed by atoms with van der Waals surface area (Å²) >= 11 is 0. The van der Waals surface area contributed by atoms with Gasteiger partial charge in [0, 0.05) is 48.6 Å². The SMILES string of the molecule is CC1(C)CCn2cc(C#Cc3cccc(N)n3)cc2C1=O.CNc1cccc(C#CC2=CC3=CC(C)(C)CCN3C2)n1. The number of hydrogen-bond donors (Lipinski definition) is 2. The number of fused-ring (bicyclic) bond motifs is 2. The first-order valence-electron chi connectivity index (χ1n) is 14.4. The molecule has 3 aliphatic rings. The summed E-state index contributed by atoms with van der Waals surface area (Å²) in [5.74, 6) is 14.0. The Balaban J connectivity index is 0.000000168. The number of Topliss-reactive ketones (excluding diaryl/α,β-unsaturated/α-hetero) is 1. The molecule has 0 radical (unpaired) electrons. The molecule has 7 heteroatoms. The molecule has 0 amide bonds. The van der Waals surface area contributed by atoms with E-state index in [1.165, 1.54) is 17.7 Å². The van der Waals surface area contributed by atoms with Crippen LogP contribution in [0.25, 0.3) is 0 Å². The Morgan fingerprint density at radius 1 is 0.929 bits per heavy atom. The van der Waals surface area contributed by atoms with Crippen LogP contribution in [0.1, 0.15) is 68.0 Å². The Hall–Kier alpha value is -4.75. The van der Waals surface area contributed by atoms with Crippen LogP contribution >= 0.6 is 0 Å². The molecule has 0 unspecified atom stereocenters. The number of carbonyl (C=O) groups is 1. The molecule has 3 aliphatic heterocycles. The number of nitrogens with two attached hydrogens (primary N) is 1. The van der Waals surface area contributed by atoms with Crippen LogP contribution in [0.15, 0.2) is 72.1 Å². The van der Waals surface area contributed by atoms with E-state index in [9.17, 15) is 4.79 Å². The number of anilines is 2. The lowest BCUT2D eigenvalue weighted by atomic mass is 9.81. The van der Waals surface area contributed by atoms with Gasteiger partial charge in [-0.05, 0) is 66.5 Å². The van der Waals surface area contributed by atoms with E-state index >= 15 is 0 Å². The third-order valence-electron chi connectivity index (χ3n) is 7.80. The zero-order chi connectivity index (χ0) is 29.9. The molecule has 3 aromatic rings. The minimum absolute atomic E-state index is 0.184. The molecule has 0 aromatic carbocycles. The number of ketones is 1. The van der Waals surface area contributed by atoms with Crippen molar-refractivity contribution in [3.63, 3.8) is 0 Å². The normalized spacial score (nSPS) is 17.5. The topological polar surface area (TPSA) is 89.1 Å². The quantitative estimate of drug-likeness (QED) is 0.383. The number of aromatic nitrogens is 3. The van der Waals surface area contributed by atoms with Gasteiger partial charge >= 0.3 is 0 Å². The van der Waals surface area contributed by atoms with Crippen molar-refractivity contribution < 1.29 is 4.79 Å². The van der Waals surface area contributed by atoms with Crippen molar-refractivity contribution in [2.24, 2.45) is 10.8 Å². The highest BCUT2D eigenvalue weighted by molar-refractivity contribution is 5.99. The van der Waals surface area contributed by atoms with Gasteiger partial charge in [0.1, 0.15) is 23.0 Å². The smallest absolute Gasteiger partial charge is 0.184 e. The Labute approximate surface area is 248 Å². The molecule has 0 spiro atoms. The van der Waals surface area contributed by atoms with Gasteiger partial charge in [-0.1, -0.05) is 57.7 Å². The van der Waals surface area contributed by atoms with E-state index in [0.717, 1.165) is 48.8 Å². The van der Waals surface area contributed by atoms with Gasteiger partial charge in [0.25, 0.3) is 0 Å². The predicted octanol–water partition coefficient (Wildman–Crippen LogP) is 5.51. The summed E-state index contributed by atoms with van der Waals surface area (Å²) in [7, 11) is 1.87. The molecule has 214 valence electrons. The van der Waals surface area contributed by atoms with Gasteiger partial charge in [-0.25, -0.2) is 9.97 Å². The molecule has 6 rings (SSSR count). The highest BCUT2D eigenvalue weighted by Gasteiger charge is 2.34. The van der Waals surface area contributed by atoms with Crippen LogP contribution in [-0.4, -0.2) is 45.4 Å². The van der Waals surface area contributed by atoms with E-state index < -0.39 is 0 Å². The fraction of sp³-hybridized carbons (Fsp3) is 0.343. The molecule has 42 heavy (non-hydrogen) atoms. The van der Waals surface area contributed by atoms with Gasteiger partial charge in [0.2, 0.25) is 0 Å². The van der Waals surface area contributed by atoms with Crippen molar-refractivity contribution in [3.05, 3.63) is 94.7 Å². The maximum atomic E-state index is 12.4. The molecule has 6 heterocycles. The predicted molar refractivity (Wildman–Crippen MR) is 169 cm³/mol. The molecular weight excluding hydrogens is 520 g/mol. The molecule has 3 aromatic heterocycles. The molecule has 0 fully saturated rings. The van der Waals surface area contributed by atoms with Crippen molar-refractivity contribution in [2.45, 2.75) is 47.1 Å². The van der Waals surface area contributed by atoms with Crippen LogP contribution in [0.3, 0.4) is 0 Å². The number of nitrogens with zero attached hydrogens (tertiary/aromatic N) is 4. The summed E-state index contributed by atoms with van der Waals surface area (Å²) in [4.78, 5) is 23.3. The van der Waals surface area contributed by atoms with Crippen molar-refractivity contribution in [1.82, 2.24) is 19.4 Å². The monoisotopic (exact) mass is 558 g/mol. The van der Waals surface area contributed by atoms with Gasteiger partial charge in [0.15, 0.2) is 5.78 Å². The Kier molecular flexibility index (Phi) is 7.96. The molecule has 3 N–H and O–H groups in total. The fourth-order valence-corrected chi connectivity index (χ4v) is 5.18. The third kappa shape index (κ3) is 6.75. The highest BCUT2D eigenvalue weighted by Crippen LogP contribution is 2.34. The summed E-state index contributed by atoms with van der Waals surface area (Å²) in [5.41, 5.74) is 11.2. The maximum absolute atomic E-state index is 12.4. The number of hydrogen-bond acceptors (Lipinski definition) is 6. The first-order valence-corrected chi connectivity index (χ1v) is 14.4. The van der Waals surface area contributed by atoms with Gasteiger partial charge in [-0.15, -0.1) is 0 Å². The zero-order valence-corrected chi connectivity index (χ0v) is 25.1. The number of pyridine rings is 2. The average Bonchev–Trinajstić information content (AvgIpc) is 3.56. The van der Waals surface area contributed by atoms with E-state index in [0.29, 0.717) is 16.9 Å². The first-order chi connectivity index (χ1) is 20.0. The second-order valence-corrected chi connectivity index (χ2v) is 12.3. The molecule has 0 aliphatic carbocycles. The summed E-state index contributed by atoms with van der Waals surface area (Å²) in [6, 6.07) is 13.1. The maximum Gasteiger partial charge on any atom is 0.184 e. The van der Waals surface area contributed by atoms with Crippen LogP contribution in [0.5, 0.6) is 0 Å². The standard InChI is InChI=1S/C18H21N3.C17H17N3O/c1-18(2)9-10-21-13-14(11-16(21)12-18)7-8-15-5-4-6-17(19-3)20-15;1-17(2)8-9-20-11-12(10-14(20)16(17)21)6-7-13-4-3-5-15(18)19-13/h4-6,11-12H,9-10,13H2,1-3H3,(H,19,20);3-5,10-11H,8-9H2,1-2H3,(H2,18,19). The van der Waals surface area contributed by atoms with Crippen molar-refractivity contribution >= 4 is 17.4 Å². The van der Waals surface area contributed by atoms with Gasteiger partial charge in [0.05, 0.1) is 12.2 Å². The molecule has 7 nitrogen and oxygen atoms in total. The Morgan fingerprint density at radius 2 is 1.67 bits per heavy atom. The van der Waals surface area contributed by atoms with Crippen LogP contribution in [0, 0.1) is 34.5 Å². The fourth-order valence-electron chi connectivity index (χ4n) is 5.18. The zero-order valence-electron chi connectivity index (χ0n) is 25.1. The number of nitrogen functional groups attached to an aromatic ring is 1. The van der Waals surface area contributed by atoms with Crippen molar-refractivity contribution in [3.8, 4) is 23.7 Å². The lowest BCUT2D eigenvalue weighted by Gasteiger charge is -2.33. The van der Waals surface area contributed by atoms with Gasteiger partial charge in [-0.2, -0.15) is 0 Å². The number of allylic oxidation sites excluding steroid dienone is 2. The van der Waals surface area contributed by atoms with Crippen LogP contribution < -0.4 is 11.1 Å². The second-order valence-electron chi connectivity index (χ2n) is 12.3. The van der Waals surface area contributed by atoms with Gasteiger partial charge < -0.3 is 20.5 Å². The minimum Gasteiger partial charge on any atom is -0.384 e. The Morgan fingerprint density at radius 3 is 2.43 bits per heavy atom. The van der Waals surface area contributed by atoms with E-state index in [-0.39, 0.29) is 11.2 Å². The number of rotatable bonds is 1. The third-order valence-corrected chi connectivity index (χ3v) is 7.80. The number of nitrogens with one attached hydrogen (secondary N) is 1. The van der Waals surface area contributed by atoms with Crippen molar-refractivity contribution in [1.29, 1.82) is 0 Å². The minimum atomic E-state index is -0.283. The number of carbonyl (C=O) groups excluding carboxylic acids is 1. The summed E-state index contributed by atoms with van der Waals surface area (Å²) in [5, 5.41) is 3.03. The first kappa shape index (κ1) is 28.8. The Bertz CT molecular complexity index is 1700. The molecule has 0 atom stereocenters. The highest BCUT2D eigenvalue weighted by atomic mass is 16.1. The number of aryl methyl sites for hydroxylation is 1. The van der Waals surface area contributed by atoms with E-state index in [1.54, 1.807) is 6.07 Å².